The molecule has 1 aromatic carbocycles. The van der Waals surface area contributed by atoms with Crippen molar-refractivity contribution < 1.29 is 9.18 Å². The van der Waals surface area contributed by atoms with Gasteiger partial charge < -0.3 is 4.90 Å². The van der Waals surface area contributed by atoms with Crippen LogP contribution in [0.15, 0.2) is 42.7 Å². The van der Waals surface area contributed by atoms with Gasteiger partial charge in [-0.3, -0.25) is 14.5 Å². The molecule has 29 heavy (non-hydrogen) atoms. The van der Waals surface area contributed by atoms with E-state index < -0.39 is 5.67 Å². The third kappa shape index (κ3) is 3.92. The molecule has 2 aromatic heterocycles. The Morgan fingerprint density at radius 3 is 2.69 bits per heavy atom. The van der Waals surface area contributed by atoms with E-state index in [2.05, 4.69) is 5.10 Å². The van der Waals surface area contributed by atoms with Gasteiger partial charge in [0.1, 0.15) is 5.67 Å². The number of rotatable bonds is 5. The van der Waals surface area contributed by atoms with Gasteiger partial charge in [-0.25, -0.2) is 4.39 Å². The first-order chi connectivity index (χ1) is 13.7. The van der Waals surface area contributed by atoms with E-state index in [0.717, 1.165) is 39.2 Å². The molecule has 3 heterocycles. The lowest BCUT2D eigenvalue weighted by atomic mass is 9.98. The summed E-state index contributed by atoms with van der Waals surface area (Å²) in [7, 11) is 1.81. The second kappa shape index (κ2) is 7.10. The number of halogens is 1. The summed E-state index contributed by atoms with van der Waals surface area (Å²) >= 11 is 0. The van der Waals surface area contributed by atoms with Crippen molar-refractivity contribution in [2.75, 3.05) is 7.05 Å². The number of alkyl halides is 1. The van der Waals surface area contributed by atoms with Crippen molar-refractivity contribution in [3.05, 3.63) is 59.5 Å². The molecular formula is C23H25FN4O. The SMILES string of the molecule is Cc1ccc(-c2cnn(CCC(C)(C)F)c2)c(-c2ccc3c(c2)C(=O)N(C)C3)n1. The first kappa shape index (κ1) is 19.3. The van der Waals surface area contributed by atoms with Crippen molar-refractivity contribution in [1.29, 1.82) is 0 Å². The van der Waals surface area contributed by atoms with Gasteiger partial charge in [0.2, 0.25) is 0 Å². The van der Waals surface area contributed by atoms with E-state index in [0.29, 0.717) is 19.5 Å². The number of aryl methyl sites for hydroxylation is 2. The van der Waals surface area contributed by atoms with Gasteiger partial charge in [-0.2, -0.15) is 5.10 Å². The molecule has 5 nitrogen and oxygen atoms in total. The predicted octanol–water partition coefficient (Wildman–Crippen LogP) is 4.64. The minimum atomic E-state index is -1.23. The molecule has 0 N–H and O–H groups in total. The third-order valence-electron chi connectivity index (χ3n) is 5.28. The predicted molar refractivity (Wildman–Crippen MR) is 111 cm³/mol. The number of pyridine rings is 1. The van der Waals surface area contributed by atoms with Crippen molar-refractivity contribution in [2.24, 2.45) is 0 Å². The molecule has 0 unspecified atom stereocenters. The molecule has 0 fully saturated rings. The van der Waals surface area contributed by atoms with E-state index in [9.17, 15) is 9.18 Å². The van der Waals surface area contributed by atoms with Crippen molar-refractivity contribution in [3.63, 3.8) is 0 Å². The van der Waals surface area contributed by atoms with Crippen LogP contribution in [0.5, 0.6) is 0 Å². The van der Waals surface area contributed by atoms with Gasteiger partial charge in [0.25, 0.3) is 5.91 Å². The topological polar surface area (TPSA) is 51.0 Å². The lowest BCUT2D eigenvalue weighted by Gasteiger charge is -2.13. The number of fused-ring (bicyclic) bond motifs is 1. The fourth-order valence-electron chi connectivity index (χ4n) is 3.61. The summed E-state index contributed by atoms with van der Waals surface area (Å²) in [5.41, 5.74) is 5.04. The average molecular weight is 392 g/mol. The van der Waals surface area contributed by atoms with Crippen LogP contribution in [0, 0.1) is 6.92 Å². The fourth-order valence-corrected chi connectivity index (χ4v) is 3.61. The number of amides is 1. The Morgan fingerprint density at radius 2 is 1.93 bits per heavy atom. The van der Waals surface area contributed by atoms with Crippen molar-refractivity contribution in [3.8, 4) is 22.4 Å². The number of hydrogen-bond acceptors (Lipinski definition) is 3. The van der Waals surface area contributed by atoms with Gasteiger partial charge in [0.15, 0.2) is 0 Å². The third-order valence-corrected chi connectivity index (χ3v) is 5.28. The van der Waals surface area contributed by atoms with Crippen molar-refractivity contribution in [2.45, 2.75) is 46.0 Å². The summed E-state index contributed by atoms with van der Waals surface area (Å²) in [6.45, 7) is 6.25. The minimum Gasteiger partial charge on any atom is -0.337 e. The lowest BCUT2D eigenvalue weighted by molar-refractivity contribution is 0.0816. The van der Waals surface area contributed by atoms with E-state index >= 15 is 0 Å². The average Bonchev–Trinajstić information content (AvgIpc) is 3.24. The van der Waals surface area contributed by atoms with E-state index in [1.165, 1.54) is 0 Å². The molecule has 0 aliphatic carbocycles. The molecule has 0 spiro atoms. The van der Waals surface area contributed by atoms with Crippen LogP contribution in [0.1, 0.15) is 41.9 Å². The van der Waals surface area contributed by atoms with Crippen LogP contribution >= 0.6 is 0 Å². The van der Waals surface area contributed by atoms with E-state index in [-0.39, 0.29) is 5.91 Å². The largest absolute Gasteiger partial charge is 0.337 e. The molecule has 0 atom stereocenters. The maximum Gasteiger partial charge on any atom is 0.254 e. The van der Waals surface area contributed by atoms with Crippen molar-refractivity contribution >= 4 is 5.91 Å². The number of benzene rings is 1. The highest BCUT2D eigenvalue weighted by atomic mass is 19.1. The molecule has 0 radical (unpaired) electrons. The Morgan fingerprint density at radius 1 is 1.14 bits per heavy atom. The molecule has 6 heteroatoms. The smallest absolute Gasteiger partial charge is 0.254 e. The molecule has 0 saturated carbocycles. The Bertz CT molecular complexity index is 1080. The number of aromatic nitrogens is 3. The second-order valence-electron chi connectivity index (χ2n) is 8.34. The quantitative estimate of drug-likeness (QED) is 0.635. The van der Waals surface area contributed by atoms with Gasteiger partial charge in [0.05, 0.1) is 11.9 Å². The Hall–Kier alpha value is -3.02. The van der Waals surface area contributed by atoms with Gasteiger partial charge in [-0.15, -0.1) is 0 Å². The van der Waals surface area contributed by atoms with Gasteiger partial charge in [-0.1, -0.05) is 18.2 Å². The molecular weight excluding hydrogens is 367 g/mol. The maximum absolute atomic E-state index is 13.8. The maximum atomic E-state index is 13.8. The van der Waals surface area contributed by atoms with E-state index in [4.69, 9.17) is 4.98 Å². The van der Waals surface area contributed by atoms with Crippen LogP contribution in [0.3, 0.4) is 0 Å². The van der Waals surface area contributed by atoms with Crippen molar-refractivity contribution in [1.82, 2.24) is 19.7 Å². The van der Waals surface area contributed by atoms with Gasteiger partial charge in [0, 0.05) is 60.7 Å². The van der Waals surface area contributed by atoms with E-state index in [1.807, 2.05) is 50.5 Å². The summed E-state index contributed by atoms with van der Waals surface area (Å²) in [5.74, 6) is 0.0395. The highest BCUT2D eigenvalue weighted by Crippen LogP contribution is 2.33. The Balaban J connectivity index is 1.72. The van der Waals surface area contributed by atoms with Crippen LogP contribution in [0.4, 0.5) is 4.39 Å². The number of nitrogens with zero attached hydrogens (tertiary/aromatic N) is 4. The fraction of sp³-hybridized carbons (Fsp3) is 0.348. The minimum absolute atomic E-state index is 0.0395. The normalized spacial score (nSPS) is 13.8. The first-order valence-electron chi connectivity index (χ1n) is 9.79. The summed E-state index contributed by atoms with van der Waals surface area (Å²) < 4.78 is 15.6. The molecule has 4 rings (SSSR count). The van der Waals surface area contributed by atoms with Crippen LogP contribution in [0.25, 0.3) is 22.4 Å². The standard InChI is InChI=1S/C23H25FN4O/c1-15-5-8-19(18-12-25-28(14-18)10-9-23(2,3)24)21(26-15)16-6-7-17-13-27(4)22(29)20(17)11-16/h5-8,11-12,14H,9-10,13H2,1-4H3. The zero-order valence-corrected chi connectivity index (χ0v) is 17.2. The highest BCUT2D eigenvalue weighted by molar-refractivity contribution is 5.99. The first-order valence-corrected chi connectivity index (χ1v) is 9.79. The molecule has 3 aromatic rings. The van der Waals surface area contributed by atoms with Gasteiger partial charge >= 0.3 is 0 Å². The van der Waals surface area contributed by atoms with Crippen LogP contribution in [-0.2, 0) is 13.1 Å². The molecule has 0 saturated heterocycles. The zero-order chi connectivity index (χ0) is 20.8. The molecule has 1 amide bonds. The number of carbonyl (C=O) groups excluding carboxylic acids is 1. The number of hydrogen-bond donors (Lipinski definition) is 0. The second-order valence-corrected chi connectivity index (χ2v) is 8.34. The monoisotopic (exact) mass is 392 g/mol. The van der Waals surface area contributed by atoms with Crippen LogP contribution in [-0.4, -0.2) is 38.3 Å². The van der Waals surface area contributed by atoms with Crippen LogP contribution in [0.2, 0.25) is 0 Å². The highest BCUT2D eigenvalue weighted by Gasteiger charge is 2.25. The molecule has 1 aliphatic heterocycles. The van der Waals surface area contributed by atoms with Gasteiger partial charge in [-0.05, 0) is 38.5 Å². The molecule has 1 aliphatic rings. The summed E-state index contributed by atoms with van der Waals surface area (Å²) in [6, 6.07) is 9.95. The van der Waals surface area contributed by atoms with E-state index in [1.54, 1.807) is 29.6 Å². The Kier molecular flexibility index (Phi) is 4.73. The molecule has 150 valence electrons. The summed E-state index contributed by atoms with van der Waals surface area (Å²) in [6.07, 6.45) is 4.11. The number of carbonyl (C=O) groups is 1. The molecule has 0 bridgehead atoms. The van der Waals surface area contributed by atoms with Crippen LogP contribution < -0.4 is 0 Å². The lowest BCUT2D eigenvalue weighted by Crippen LogP contribution is -2.17. The zero-order valence-electron chi connectivity index (χ0n) is 17.2. The Labute approximate surface area is 170 Å². The summed E-state index contributed by atoms with van der Waals surface area (Å²) in [4.78, 5) is 18.9. The summed E-state index contributed by atoms with van der Waals surface area (Å²) in [5, 5.41) is 4.39.